The molecule has 0 aromatic heterocycles. The maximum Gasteiger partial charge on any atom is 0.303 e. The molecule has 15 heavy (non-hydrogen) atoms. The number of carboxylic acid groups (broad SMARTS) is 1. The summed E-state index contributed by atoms with van der Waals surface area (Å²) in [6, 6.07) is 5.74. The standard InChI is InChI=1S/C11H12F2O2/c1-11(12,13)9-5-2-8(3-6-9)4-7-10(14)15/h2-3,5-6H,4,7H2,1H3,(H,14,15). The van der Waals surface area contributed by atoms with Gasteiger partial charge in [-0.15, -0.1) is 0 Å². The Balaban J connectivity index is 2.69. The molecule has 0 aliphatic rings. The first-order chi connectivity index (χ1) is 6.89. The van der Waals surface area contributed by atoms with E-state index in [2.05, 4.69) is 0 Å². The molecule has 2 nitrogen and oxygen atoms in total. The van der Waals surface area contributed by atoms with E-state index in [1.54, 1.807) is 0 Å². The minimum absolute atomic E-state index is 0.0157. The highest BCUT2D eigenvalue weighted by Gasteiger charge is 2.23. The number of carboxylic acids is 1. The van der Waals surface area contributed by atoms with Crippen LogP contribution in [0, 0.1) is 0 Å². The molecule has 0 saturated carbocycles. The normalized spacial score (nSPS) is 11.4. The quantitative estimate of drug-likeness (QED) is 0.836. The average Bonchev–Trinajstić information content (AvgIpc) is 2.14. The largest absolute Gasteiger partial charge is 0.481 e. The summed E-state index contributed by atoms with van der Waals surface area (Å²) in [4.78, 5) is 10.3. The molecule has 0 aliphatic carbocycles. The maximum absolute atomic E-state index is 12.8. The number of halogens is 2. The van der Waals surface area contributed by atoms with Crippen molar-refractivity contribution in [3.63, 3.8) is 0 Å². The number of alkyl halides is 2. The van der Waals surface area contributed by atoms with Crippen LogP contribution in [0.2, 0.25) is 0 Å². The van der Waals surface area contributed by atoms with Gasteiger partial charge in [-0.05, 0) is 12.0 Å². The van der Waals surface area contributed by atoms with Crippen LogP contribution in [0.4, 0.5) is 8.78 Å². The molecule has 82 valence electrons. The zero-order valence-corrected chi connectivity index (χ0v) is 8.34. The van der Waals surface area contributed by atoms with E-state index < -0.39 is 11.9 Å². The summed E-state index contributed by atoms with van der Waals surface area (Å²) in [6.07, 6.45) is 0.382. The van der Waals surface area contributed by atoms with E-state index >= 15 is 0 Å². The van der Waals surface area contributed by atoms with Crippen LogP contribution in [-0.4, -0.2) is 11.1 Å². The average molecular weight is 214 g/mol. The number of hydrogen-bond donors (Lipinski definition) is 1. The van der Waals surface area contributed by atoms with Crippen molar-refractivity contribution in [1.29, 1.82) is 0 Å². The molecule has 1 aromatic rings. The van der Waals surface area contributed by atoms with Crippen LogP contribution < -0.4 is 0 Å². The first kappa shape index (κ1) is 11.6. The van der Waals surface area contributed by atoms with E-state index in [0.717, 1.165) is 12.5 Å². The number of aryl methyl sites for hydroxylation is 1. The van der Waals surface area contributed by atoms with Crippen molar-refractivity contribution in [1.82, 2.24) is 0 Å². The van der Waals surface area contributed by atoms with Crippen LogP contribution in [0.5, 0.6) is 0 Å². The van der Waals surface area contributed by atoms with Crippen molar-refractivity contribution in [2.24, 2.45) is 0 Å². The van der Waals surface area contributed by atoms with E-state index in [9.17, 15) is 13.6 Å². The van der Waals surface area contributed by atoms with Gasteiger partial charge >= 0.3 is 5.97 Å². The van der Waals surface area contributed by atoms with Crippen LogP contribution in [0.25, 0.3) is 0 Å². The highest BCUT2D eigenvalue weighted by atomic mass is 19.3. The van der Waals surface area contributed by atoms with Crippen LogP contribution in [0.1, 0.15) is 24.5 Å². The Kier molecular flexibility index (Phi) is 3.39. The van der Waals surface area contributed by atoms with Crippen molar-refractivity contribution in [2.75, 3.05) is 0 Å². The minimum Gasteiger partial charge on any atom is -0.481 e. The summed E-state index contributed by atoms with van der Waals surface area (Å²) >= 11 is 0. The summed E-state index contributed by atoms with van der Waals surface area (Å²) in [7, 11) is 0. The third kappa shape index (κ3) is 3.65. The smallest absolute Gasteiger partial charge is 0.303 e. The van der Waals surface area contributed by atoms with Crippen LogP contribution in [0.15, 0.2) is 24.3 Å². The molecule has 0 aliphatic heterocycles. The van der Waals surface area contributed by atoms with E-state index in [4.69, 9.17) is 5.11 Å². The first-order valence-electron chi connectivity index (χ1n) is 4.58. The van der Waals surface area contributed by atoms with E-state index in [1.807, 2.05) is 0 Å². The van der Waals surface area contributed by atoms with Crippen LogP contribution in [0.3, 0.4) is 0 Å². The van der Waals surface area contributed by atoms with Gasteiger partial charge in [0.1, 0.15) is 0 Å². The lowest BCUT2D eigenvalue weighted by molar-refractivity contribution is -0.136. The zero-order valence-electron chi connectivity index (χ0n) is 8.34. The third-order valence-corrected chi connectivity index (χ3v) is 2.09. The van der Waals surface area contributed by atoms with Crippen molar-refractivity contribution >= 4 is 5.97 Å². The topological polar surface area (TPSA) is 37.3 Å². The molecule has 0 radical (unpaired) electrons. The second kappa shape index (κ2) is 4.38. The van der Waals surface area contributed by atoms with Crippen LogP contribution >= 0.6 is 0 Å². The fraction of sp³-hybridized carbons (Fsp3) is 0.364. The molecule has 0 bridgehead atoms. The van der Waals surface area contributed by atoms with Gasteiger partial charge in [0.2, 0.25) is 0 Å². The van der Waals surface area contributed by atoms with Gasteiger partial charge in [0.05, 0.1) is 0 Å². The molecule has 1 rings (SSSR count). The Morgan fingerprint density at radius 2 is 1.87 bits per heavy atom. The third-order valence-electron chi connectivity index (χ3n) is 2.09. The van der Waals surface area contributed by atoms with E-state index in [0.29, 0.717) is 6.42 Å². The molecule has 4 heteroatoms. The van der Waals surface area contributed by atoms with Crippen molar-refractivity contribution in [2.45, 2.75) is 25.7 Å². The van der Waals surface area contributed by atoms with Crippen molar-refractivity contribution < 1.29 is 18.7 Å². The summed E-state index contributed by atoms with van der Waals surface area (Å²) in [5, 5.41) is 8.44. The molecule has 0 unspecified atom stereocenters. The number of aliphatic carboxylic acids is 1. The van der Waals surface area contributed by atoms with Crippen molar-refractivity contribution in [3.8, 4) is 0 Å². The molecule has 0 spiro atoms. The Bertz CT molecular complexity index is 339. The summed E-state index contributed by atoms with van der Waals surface area (Å²) in [5.41, 5.74) is 0.701. The lowest BCUT2D eigenvalue weighted by Crippen LogP contribution is -2.06. The number of carbonyl (C=O) groups is 1. The molecular weight excluding hydrogens is 202 g/mol. The molecule has 0 fully saturated rings. The minimum atomic E-state index is -2.84. The van der Waals surface area contributed by atoms with Gasteiger partial charge < -0.3 is 5.11 Å². The van der Waals surface area contributed by atoms with Gasteiger partial charge in [-0.2, -0.15) is 0 Å². The van der Waals surface area contributed by atoms with Gasteiger partial charge in [0.25, 0.3) is 5.92 Å². The molecule has 1 aromatic carbocycles. The monoisotopic (exact) mass is 214 g/mol. The predicted octanol–water partition coefficient (Wildman–Crippen LogP) is 2.82. The summed E-state index contributed by atoms with van der Waals surface area (Å²) in [5.74, 6) is -3.73. The summed E-state index contributed by atoms with van der Waals surface area (Å²) in [6.45, 7) is 0.833. The Morgan fingerprint density at radius 1 is 1.33 bits per heavy atom. The number of benzene rings is 1. The lowest BCUT2D eigenvalue weighted by atomic mass is 10.0. The summed E-state index contributed by atoms with van der Waals surface area (Å²) < 4.78 is 25.6. The number of rotatable bonds is 4. The fourth-order valence-corrected chi connectivity index (χ4v) is 1.22. The first-order valence-corrected chi connectivity index (χ1v) is 4.58. The molecule has 0 amide bonds. The molecule has 0 atom stereocenters. The van der Waals surface area contributed by atoms with Crippen LogP contribution in [-0.2, 0) is 17.1 Å². The van der Waals surface area contributed by atoms with Gasteiger partial charge in [-0.1, -0.05) is 24.3 Å². The SMILES string of the molecule is CC(F)(F)c1ccc(CCC(=O)O)cc1. The maximum atomic E-state index is 12.8. The molecular formula is C11H12F2O2. The van der Waals surface area contributed by atoms with Gasteiger partial charge in [0.15, 0.2) is 0 Å². The molecule has 1 N–H and O–H groups in total. The Morgan fingerprint density at radius 3 is 2.27 bits per heavy atom. The van der Waals surface area contributed by atoms with Gasteiger partial charge in [-0.3, -0.25) is 4.79 Å². The second-order valence-electron chi connectivity index (χ2n) is 3.48. The molecule has 0 saturated heterocycles. The fourth-order valence-electron chi connectivity index (χ4n) is 1.22. The zero-order chi connectivity index (χ0) is 11.5. The second-order valence-corrected chi connectivity index (χ2v) is 3.48. The Labute approximate surface area is 86.5 Å². The van der Waals surface area contributed by atoms with Gasteiger partial charge in [-0.25, -0.2) is 8.78 Å². The highest BCUT2D eigenvalue weighted by molar-refractivity contribution is 5.67. The van der Waals surface area contributed by atoms with Crippen molar-refractivity contribution in [3.05, 3.63) is 35.4 Å². The van der Waals surface area contributed by atoms with E-state index in [1.165, 1.54) is 24.3 Å². The Hall–Kier alpha value is -1.45. The van der Waals surface area contributed by atoms with E-state index in [-0.39, 0.29) is 12.0 Å². The lowest BCUT2D eigenvalue weighted by Gasteiger charge is -2.10. The number of hydrogen-bond acceptors (Lipinski definition) is 1. The predicted molar refractivity (Wildman–Crippen MR) is 52.0 cm³/mol. The molecule has 0 heterocycles. The van der Waals surface area contributed by atoms with Gasteiger partial charge in [0, 0.05) is 18.9 Å². The highest BCUT2D eigenvalue weighted by Crippen LogP contribution is 2.26.